The fourth-order valence-electron chi connectivity index (χ4n) is 1.40. The van der Waals surface area contributed by atoms with Crippen LogP contribution in [0.25, 0.3) is 0 Å². The number of hydrogen-bond acceptors (Lipinski definition) is 2. The maximum absolute atomic E-state index is 11.2. The Morgan fingerprint density at radius 2 is 2.00 bits per heavy atom. The van der Waals surface area contributed by atoms with Gasteiger partial charge in [0.15, 0.2) is 0 Å². The van der Waals surface area contributed by atoms with Crippen molar-refractivity contribution in [3.63, 3.8) is 0 Å². The molecule has 0 aliphatic rings. The summed E-state index contributed by atoms with van der Waals surface area (Å²) in [7, 11) is 1.86. The topological polar surface area (TPSA) is 32.3 Å². The minimum Gasteiger partial charge on any atom is -0.344 e. The van der Waals surface area contributed by atoms with Crippen LogP contribution in [-0.2, 0) is 4.79 Å². The van der Waals surface area contributed by atoms with Gasteiger partial charge in [-0.1, -0.05) is 20.8 Å². The van der Waals surface area contributed by atoms with Crippen molar-refractivity contribution in [2.75, 3.05) is 26.7 Å². The molecule has 15 heavy (non-hydrogen) atoms. The van der Waals surface area contributed by atoms with Gasteiger partial charge in [-0.3, -0.25) is 4.79 Å². The molecule has 0 saturated carbocycles. The van der Waals surface area contributed by atoms with E-state index in [0.717, 1.165) is 25.6 Å². The molecule has 0 spiro atoms. The Balaban J connectivity index is 3.27. The predicted molar refractivity (Wildman–Crippen MR) is 64.9 cm³/mol. The zero-order valence-electron chi connectivity index (χ0n) is 10.7. The van der Waals surface area contributed by atoms with Crippen molar-refractivity contribution in [1.29, 1.82) is 0 Å². The number of nitrogens with zero attached hydrogens (tertiary/aromatic N) is 1. The average Bonchev–Trinajstić information content (AvgIpc) is 2.21. The van der Waals surface area contributed by atoms with Crippen molar-refractivity contribution in [3.8, 4) is 0 Å². The van der Waals surface area contributed by atoms with Crippen LogP contribution >= 0.6 is 0 Å². The van der Waals surface area contributed by atoms with Crippen LogP contribution in [0.4, 0.5) is 0 Å². The molecule has 0 aromatic heterocycles. The molecule has 0 aromatic rings. The number of rotatable bonds is 8. The molecule has 0 radical (unpaired) electrons. The van der Waals surface area contributed by atoms with Crippen LogP contribution in [0.5, 0.6) is 0 Å². The van der Waals surface area contributed by atoms with E-state index in [1.807, 2.05) is 14.0 Å². The third kappa shape index (κ3) is 8.43. The minimum atomic E-state index is 0.221. The Morgan fingerprint density at radius 1 is 1.33 bits per heavy atom. The summed E-state index contributed by atoms with van der Waals surface area (Å²) in [4.78, 5) is 13.0. The van der Waals surface area contributed by atoms with E-state index in [4.69, 9.17) is 0 Å². The molecule has 90 valence electrons. The third-order valence-electron chi connectivity index (χ3n) is 2.49. The Hall–Kier alpha value is -0.570. The predicted octanol–water partition coefficient (Wildman–Crippen LogP) is 1.88. The van der Waals surface area contributed by atoms with E-state index in [2.05, 4.69) is 19.2 Å². The highest BCUT2D eigenvalue weighted by Gasteiger charge is 2.03. The van der Waals surface area contributed by atoms with Crippen LogP contribution < -0.4 is 5.32 Å². The molecular weight excluding hydrogens is 188 g/mol. The lowest BCUT2D eigenvalue weighted by atomic mass is 10.1. The number of hydrogen-bond donors (Lipinski definition) is 1. The number of nitrogens with one attached hydrogen (secondary N) is 1. The molecule has 0 atom stereocenters. The monoisotopic (exact) mass is 214 g/mol. The Kier molecular flexibility index (Phi) is 8.38. The summed E-state index contributed by atoms with van der Waals surface area (Å²) in [5.74, 6) is 1.01. The molecule has 0 aromatic carbocycles. The number of carbonyl (C=O) groups is 1. The molecule has 0 aliphatic carbocycles. The SMILES string of the molecule is CCC(=O)N(C)CCNCCCC(C)C. The van der Waals surface area contributed by atoms with E-state index < -0.39 is 0 Å². The molecule has 0 fully saturated rings. The van der Waals surface area contributed by atoms with Crippen LogP contribution in [0, 0.1) is 5.92 Å². The molecule has 0 unspecified atom stereocenters. The van der Waals surface area contributed by atoms with Gasteiger partial charge < -0.3 is 10.2 Å². The largest absolute Gasteiger partial charge is 0.344 e. The van der Waals surface area contributed by atoms with E-state index in [1.54, 1.807) is 4.90 Å². The second-order valence-corrected chi connectivity index (χ2v) is 4.45. The van der Waals surface area contributed by atoms with Gasteiger partial charge in [0.2, 0.25) is 5.91 Å². The van der Waals surface area contributed by atoms with Gasteiger partial charge in [-0.2, -0.15) is 0 Å². The van der Waals surface area contributed by atoms with Crippen molar-refractivity contribution >= 4 is 5.91 Å². The van der Waals surface area contributed by atoms with Gasteiger partial charge in [0.25, 0.3) is 0 Å². The van der Waals surface area contributed by atoms with E-state index in [1.165, 1.54) is 12.8 Å². The lowest BCUT2D eigenvalue weighted by Crippen LogP contribution is -2.33. The van der Waals surface area contributed by atoms with Crippen LogP contribution in [0.1, 0.15) is 40.0 Å². The first-order chi connectivity index (χ1) is 7.07. The Labute approximate surface area is 94.2 Å². The van der Waals surface area contributed by atoms with Gasteiger partial charge in [-0.05, 0) is 25.3 Å². The van der Waals surface area contributed by atoms with Gasteiger partial charge in [0.05, 0.1) is 0 Å². The van der Waals surface area contributed by atoms with Crippen molar-refractivity contribution in [3.05, 3.63) is 0 Å². The zero-order valence-corrected chi connectivity index (χ0v) is 10.7. The summed E-state index contributed by atoms with van der Waals surface area (Å²) < 4.78 is 0. The highest BCUT2D eigenvalue weighted by molar-refractivity contribution is 5.75. The zero-order chi connectivity index (χ0) is 11.7. The molecule has 1 N–H and O–H groups in total. The second-order valence-electron chi connectivity index (χ2n) is 4.45. The van der Waals surface area contributed by atoms with Crippen molar-refractivity contribution < 1.29 is 4.79 Å². The van der Waals surface area contributed by atoms with Crippen molar-refractivity contribution in [2.45, 2.75) is 40.0 Å². The van der Waals surface area contributed by atoms with E-state index in [0.29, 0.717) is 6.42 Å². The molecule has 0 bridgehead atoms. The highest BCUT2D eigenvalue weighted by atomic mass is 16.2. The summed E-state index contributed by atoms with van der Waals surface area (Å²) in [6.07, 6.45) is 3.10. The highest BCUT2D eigenvalue weighted by Crippen LogP contribution is 2.01. The fourth-order valence-corrected chi connectivity index (χ4v) is 1.40. The summed E-state index contributed by atoms with van der Waals surface area (Å²) in [6.45, 7) is 9.16. The lowest BCUT2D eigenvalue weighted by Gasteiger charge is -2.16. The summed E-state index contributed by atoms with van der Waals surface area (Å²) in [5.41, 5.74) is 0. The quantitative estimate of drug-likeness (QED) is 0.626. The third-order valence-corrected chi connectivity index (χ3v) is 2.49. The second kappa shape index (κ2) is 8.72. The molecular formula is C12H26N2O. The van der Waals surface area contributed by atoms with E-state index >= 15 is 0 Å². The molecule has 0 rings (SSSR count). The fraction of sp³-hybridized carbons (Fsp3) is 0.917. The van der Waals surface area contributed by atoms with Crippen molar-refractivity contribution in [1.82, 2.24) is 10.2 Å². The number of likely N-dealkylation sites (N-methyl/N-ethyl adjacent to an activating group) is 1. The smallest absolute Gasteiger partial charge is 0.222 e. The molecule has 1 amide bonds. The first-order valence-electron chi connectivity index (χ1n) is 6.02. The van der Waals surface area contributed by atoms with Gasteiger partial charge in [0.1, 0.15) is 0 Å². The molecule has 3 heteroatoms. The maximum atomic E-state index is 11.2. The van der Waals surface area contributed by atoms with Gasteiger partial charge >= 0.3 is 0 Å². The number of carbonyl (C=O) groups excluding carboxylic acids is 1. The van der Waals surface area contributed by atoms with E-state index in [9.17, 15) is 4.79 Å². The summed E-state index contributed by atoms with van der Waals surface area (Å²) >= 11 is 0. The maximum Gasteiger partial charge on any atom is 0.222 e. The minimum absolute atomic E-state index is 0.221. The summed E-state index contributed by atoms with van der Waals surface area (Å²) in [6, 6.07) is 0. The molecule has 0 aliphatic heterocycles. The van der Waals surface area contributed by atoms with Crippen LogP contribution in [-0.4, -0.2) is 37.5 Å². The first-order valence-corrected chi connectivity index (χ1v) is 6.02. The first kappa shape index (κ1) is 14.4. The van der Waals surface area contributed by atoms with Gasteiger partial charge in [-0.15, -0.1) is 0 Å². The Bertz CT molecular complexity index is 169. The van der Waals surface area contributed by atoms with Crippen molar-refractivity contribution in [2.24, 2.45) is 5.92 Å². The lowest BCUT2D eigenvalue weighted by molar-refractivity contribution is -0.129. The van der Waals surface area contributed by atoms with Gasteiger partial charge in [-0.25, -0.2) is 0 Å². The number of amides is 1. The van der Waals surface area contributed by atoms with E-state index in [-0.39, 0.29) is 5.91 Å². The standard InChI is InChI=1S/C12H26N2O/c1-5-12(15)14(4)10-9-13-8-6-7-11(2)3/h11,13H,5-10H2,1-4H3. The summed E-state index contributed by atoms with van der Waals surface area (Å²) in [5, 5.41) is 3.36. The van der Waals surface area contributed by atoms with Gasteiger partial charge in [0, 0.05) is 26.6 Å². The average molecular weight is 214 g/mol. The van der Waals surface area contributed by atoms with Crippen LogP contribution in [0.15, 0.2) is 0 Å². The van der Waals surface area contributed by atoms with Crippen LogP contribution in [0.2, 0.25) is 0 Å². The van der Waals surface area contributed by atoms with Crippen LogP contribution in [0.3, 0.4) is 0 Å². The normalized spacial score (nSPS) is 10.7. The molecule has 3 nitrogen and oxygen atoms in total. The Morgan fingerprint density at radius 3 is 2.53 bits per heavy atom. The molecule has 0 heterocycles. The molecule has 0 saturated heterocycles.